The normalized spacial score (nSPS) is 11.8. The van der Waals surface area contributed by atoms with E-state index in [0.29, 0.717) is 40.7 Å². The summed E-state index contributed by atoms with van der Waals surface area (Å²) >= 11 is 5.98. The summed E-state index contributed by atoms with van der Waals surface area (Å²) in [6, 6.07) is 14.3. The van der Waals surface area contributed by atoms with Crippen LogP contribution in [-0.4, -0.2) is 96.4 Å². The predicted octanol–water partition coefficient (Wildman–Crippen LogP) is 4.89. The van der Waals surface area contributed by atoms with E-state index in [1.807, 2.05) is 50.2 Å². The third-order valence-corrected chi connectivity index (χ3v) is 9.55. The molecule has 61 heavy (non-hydrogen) atoms. The van der Waals surface area contributed by atoms with Crippen LogP contribution in [0.5, 0.6) is 11.5 Å². The third-order valence-electron chi connectivity index (χ3n) is 9.37. The van der Waals surface area contributed by atoms with Gasteiger partial charge in [0, 0.05) is 57.4 Å². The lowest BCUT2D eigenvalue weighted by atomic mass is 10.1. The zero-order valence-electron chi connectivity index (χ0n) is 34.9. The first kappa shape index (κ1) is 43.4. The Labute approximate surface area is 356 Å². The van der Waals surface area contributed by atoms with Crippen LogP contribution >= 0.6 is 11.6 Å². The molecule has 318 valence electrons. The van der Waals surface area contributed by atoms with Crippen molar-refractivity contribution >= 4 is 57.9 Å². The van der Waals surface area contributed by atoms with Crippen LogP contribution in [-0.2, 0) is 31.7 Å². The Bertz CT molecular complexity index is 2570. The molecule has 1 saturated carbocycles. The summed E-state index contributed by atoms with van der Waals surface area (Å²) in [5.41, 5.74) is 6.92. The van der Waals surface area contributed by atoms with Crippen LogP contribution in [0.25, 0.3) is 22.5 Å². The zero-order chi connectivity index (χ0) is 43.8. The van der Waals surface area contributed by atoms with Crippen LogP contribution in [0.4, 0.5) is 28.6 Å². The number of carbonyl (C=O) groups excluding carboxylic acids is 3. The van der Waals surface area contributed by atoms with Gasteiger partial charge in [-0.25, -0.2) is 0 Å². The number of carbonyl (C=O) groups is 3. The van der Waals surface area contributed by atoms with Crippen LogP contribution in [0.15, 0.2) is 48.5 Å². The smallest absolute Gasteiger partial charge is 0.273 e. The maximum Gasteiger partial charge on any atom is 0.273 e. The summed E-state index contributed by atoms with van der Waals surface area (Å²) in [4.78, 5) is 39.8. The first-order valence-electron chi connectivity index (χ1n) is 19.3. The van der Waals surface area contributed by atoms with Crippen molar-refractivity contribution in [3.8, 4) is 34.0 Å². The fourth-order valence-electron chi connectivity index (χ4n) is 6.32. The standard InChI is InChI=1S/C22H26N8O3.C18H20ClN7O2/c1-5-14-18(29-30(3)28-14)13-7-6-8-15(20(13)33-4)24-16-11-17(25-21(31)12-9-10-12)26-27-19(16)22(32)23-2;1-5-11-15(25-26(3)24-11)10-7-6-8-12(17(10)28-4)21-13-9-14(19)22-23-16(13)18(27)20-2/h6-8,11-12H,5,9-10H2,1-4H3,(H,23,32)(H2,24,25,26,31);6-9H,5H2,1-4H3,(H,20,27)(H,21,22). The molecule has 2 aromatic carbocycles. The maximum atomic E-state index is 12.4. The summed E-state index contributed by atoms with van der Waals surface area (Å²) < 4.78 is 11.4. The Balaban J connectivity index is 0.000000207. The van der Waals surface area contributed by atoms with Crippen molar-refractivity contribution in [2.24, 2.45) is 20.0 Å². The number of halogens is 1. The Morgan fingerprint density at radius 2 is 1.16 bits per heavy atom. The van der Waals surface area contributed by atoms with Crippen molar-refractivity contribution in [2.45, 2.75) is 39.5 Å². The highest BCUT2D eigenvalue weighted by atomic mass is 35.5. The van der Waals surface area contributed by atoms with Gasteiger partial charge in [0.15, 0.2) is 33.9 Å². The van der Waals surface area contributed by atoms with E-state index in [-0.39, 0.29) is 40.1 Å². The topological polar surface area (TPSA) is 243 Å². The van der Waals surface area contributed by atoms with Gasteiger partial charge in [0.1, 0.15) is 11.4 Å². The van der Waals surface area contributed by atoms with Gasteiger partial charge < -0.3 is 36.1 Å². The second-order valence-electron chi connectivity index (χ2n) is 13.5. The van der Waals surface area contributed by atoms with E-state index in [0.717, 1.165) is 53.2 Å². The van der Waals surface area contributed by atoms with Crippen molar-refractivity contribution in [1.29, 1.82) is 0 Å². The minimum atomic E-state index is -0.414. The number of ether oxygens (including phenoxy) is 2. The molecule has 5 N–H and O–H groups in total. The molecule has 0 spiro atoms. The van der Waals surface area contributed by atoms with Gasteiger partial charge in [0.25, 0.3) is 11.8 Å². The Kier molecular flexibility index (Phi) is 13.7. The molecule has 1 aliphatic rings. The van der Waals surface area contributed by atoms with E-state index in [1.54, 1.807) is 34.4 Å². The molecular formula is C40H46ClN15O5. The summed E-state index contributed by atoms with van der Waals surface area (Å²) in [6.45, 7) is 4.03. The van der Waals surface area contributed by atoms with Crippen molar-refractivity contribution in [3.05, 3.63) is 76.5 Å². The number of methoxy groups -OCH3 is 2. The number of nitrogens with zero attached hydrogens (tertiary/aromatic N) is 10. The molecule has 1 aliphatic carbocycles. The fourth-order valence-corrected chi connectivity index (χ4v) is 6.47. The number of hydrogen-bond acceptors (Lipinski definition) is 15. The van der Waals surface area contributed by atoms with Crippen LogP contribution < -0.4 is 36.1 Å². The Morgan fingerprint density at radius 3 is 1.61 bits per heavy atom. The summed E-state index contributed by atoms with van der Waals surface area (Å²) in [7, 11) is 9.72. The number of aromatic nitrogens is 10. The van der Waals surface area contributed by atoms with Crippen LogP contribution in [0, 0.1) is 5.92 Å². The second kappa shape index (κ2) is 19.2. The molecule has 1 fully saturated rings. The van der Waals surface area contributed by atoms with E-state index < -0.39 is 5.91 Å². The lowest BCUT2D eigenvalue weighted by Gasteiger charge is -2.16. The minimum Gasteiger partial charge on any atom is -0.494 e. The molecule has 4 aromatic heterocycles. The molecule has 4 heterocycles. The van der Waals surface area contributed by atoms with Crippen LogP contribution in [0.1, 0.15) is 59.1 Å². The lowest BCUT2D eigenvalue weighted by Crippen LogP contribution is -2.22. The van der Waals surface area contributed by atoms with E-state index in [1.165, 1.54) is 29.8 Å². The van der Waals surface area contributed by atoms with E-state index in [2.05, 4.69) is 67.4 Å². The van der Waals surface area contributed by atoms with E-state index >= 15 is 0 Å². The van der Waals surface area contributed by atoms with Gasteiger partial charge in [-0.15, -0.1) is 20.4 Å². The molecule has 0 bridgehead atoms. The van der Waals surface area contributed by atoms with Crippen LogP contribution in [0.3, 0.4) is 0 Å². The molecule has 0 aliphatic heterocycles. The molecule has 0 radical (unpaired) electrons. The number of para-hydroxylation sites is 2. The fraction of sp³-hybridized carbons (Fsp3) is 0.325. The summed E-state index contributed by atoms with van der Waals surface area (Å²) in [5.74, 6) is 0.478. The quantitative estimate of drug-likeness (QED) is 0.0980. The average Bonchev–Trinajstić information content (AvgIpc) is 3.95. The number of hydrogen-bond donors (Lipinski definition) is 5. The average molecular weight is 852 g/mol. The first-order valence-corrected chi connectivity index (χ1v) is 19.7. The third kappa shape index (κ3) is 9.81. The monoisotopic (exact) mass is 851 g/mol. The van der Waals surface area contributed by atoms with Crippen molar-refractivity contribution in [2.75, 3.05) is 44.3 Å². The minimum absolute atomic E-state index is 0.0124. The van der Waals surface area contributed by atoms with Gasteiger partial charge >= 0.3 is 0 Å². The number of benzene rings is 2. The molecule has 0 saturated heterocycles. The molecule has 0 atom stereocenters. The number of amides is 3. The van der Waals surface area contributed by atoms with Crippen molar-refractivity contribution in [3.63, 3.8) is 0 Å². The molecular weight excluding hydrogens is 806 g/mol. The van der Waals surface area contributed by atoms with E-state index in [9.17, 15) is 14.4 Å². The van der Waals surface area contributed by atoms with Gasteiger partial charge in [0.05, 0.1) is 48.4 Å². The van der Waals surface area contributed by atoms with Crippen LogP contribution in [0.2, 0.25) is 5.15 Å². The SMILES string of the molecule is CCc1nn(C)nc1-c1cccc(Nc2cc(Cl)nnc2C(=O)NC)c1OC.CCc1nn(C)nc1-c1cccc(Nc2cc(NC(=O)C3CC3)nnc2C(=O)NC)c1OC. The van der Waals surface area contributed by atoms with E-state index in [4.69, 9.17) is 21.1 Å². The molecule has 21 heteroatoms. The largest absolute Gasteiger partial charge is 0.494 e. The van der Waals surface area contributed by atoms with Gasteiger partial charge in [0.2, 0.25) is 5.91 Å². The Morgan fingerprint density at radius 1 is 0.689 bits per heavy atom. The summed E-state index contributed by atoms with van der Waals surface area (Å²) in [5, 5.41) is 47.9. The zero-order valence-corrected chi connectivity index (χ0v) is 35.7. The van der Waals surface area contributed by atoms with Crippen molar-refractivity contribution < 1.29 is 23.9 Å². The second-order valence-corrected chi connectivity index (χ2v) is 13.9. The summed E-state index contributed by atoms with van der Waals surface area (Å²) in [6.07, 6.45) is 3.18. The van der Waals surface area contributed by atoms with Gasteiger partial charge in [-0.05, 0) is 49.9 Å². The molecule has 6 aromatic rings. The first-order chi connectivity index (χ1) is 29.4. The molecule has 7 rings (SSSR count). The highest BCUT2D eigenvalue weighted by Crippen LogP contribution is 2.40. The number of nitrogens with one attached hydrogen (secondary N) is 5. The molecule has 0 unspecified atom stereocenters. The highest BCUT2D eigenvalue weighted by molar-refractivity contribution is 6.29. The maximum absolute atomic E-state index is 12.4. The Hall–Kier alpha value is -7.22. The molecule has 20 nitrogen and oxygen atoms in total. The number of anilines is 5. The molecule has 3 amide bonds. The van der Waals surface area contributed by atoms with Gasteiger partial charge in [-0.1, -0.05) is 37.6 Å². The lowest BCUT2D eigenvalue weighted by molar-refractivity contribution is -0.117. The van der Waals surface area contributed by atoms with Crippen molar-refractivity contribution in [1.82, 2.24) is 61.0 Å². The predicted molar refractivity (Wildman–Crippen MR) is 229 cm³/mol. The number of aryl methyl sites for hydroxylation is 4. The van der Waals surface area contributed by atoms with Gasteiger partial charge in [-0.3, -0.25) is 14.4 Å². The van der Waals surface area contributed by atoms with Gasteiger partial charge in [-0.2, -0.15) is 30.0 Å². The highest BCUT2D eigenvalue weighted by Gasteiger charge is 2.30. The number of rotatable bonds is 14.